The maximum atomic E-state index is 8.08. The van der Waals surface area contributed by atoms with Crippen molar-refractivity contribution in [2.24, 2.45) is 15.7 Å². The maximum absolute atomic E-state index is 8.08. The van der Waals surface area contributed by atoms with Crippen molar-refractivity contribution in [3.63, 3.8) is 0 Å². The molecule has 0 radical (unpaired) electrons. The van der Waals surface area contributed by atoms with Crippen LogP contribution in [0, 0.1) is 0 Å². The maximum Gasteiger partial charge on any atom is 0.214 e. The molecule has 0 aliphatic carbocycles. The molecule has 7 heteroatoms. The molecule has 0 aromatic rings. The van der Waals surface area contributed by atoms with Crippen molar-refractivity contribution in [3.8, 4) is 0 Å². The van der Waals surface area contributed by atoms with Gasteiger partial charge in [0.1, 0.15) is 0 Å². The second kappa shape index (κ2) is 10.5. The van der Waals surface area contributed by atoms with E-state index in [4.69, 9.17) is 10.9 Å². The van der Waals surface area contributed by atoms with Gasteiger partial charge >= 0.3 is 0 Å². The molecule has 0 rings (SSSR count). The smallest absolute Gasteiger partial charge is 0.214 e. The van der Waals surface area contributed by atoms with Gasteiger partial charge < -0.3 is 16.4 Å². The van der Waals surface area contributed by atoms with Gasteiger partial charge in [-0.2, -0.15) is 0 Å². The molecule has 0 spiro atoms. The van der Waals surface area contributed by atoms with Crippen LogP contribution in [0.1, 0.15) is 1.43 Å². The highest BCUT2D eigenvalue weighted by molar-refractivity contribution is 5.78. The SMILES string of the molecule is CN=C(N)NC.CN=C(NC)NO.[2HH]. The fraction of sp³-hybridized carbons (Fsp3) is 0.667. The Hall–Kier alpha value is -1.50. The zero-order chi connectivity index (χ0) is 10.7. The molecule has 0 fully saturated rings. The van der Waals surface area contributed by atoms with E-state index in [0.717, 1.165) is 0 Å². The van der Waals surface area contributed by atoms with Gasteiger partial charge in [-0.15, -0.1) is 0 Å². The molecule has 0 amide bonds. The van der Waals surface area contributed by atoms with Crippen LogP contribution in [0.4, 0.5) is 0 Å². The minimum atomic E-state index is 0. The molecule has 0 aromatic heterocycles. The third-order valence-electron chi connectivity index (χ3n) is 1.06. The fourth-order valence-corrected chi connectivity index (χ4v) is 0.330. The quantitative estimate of drug-likeness (QED) is 0.184. The first-order valence-corrected chi connectivity index (χ1v) is 3.60. The lowest BCUT2D eigenvalue weighted by molar-refractivity contribution is 0.230. The lowest BCUT2D eigenvalue weighted by atomic mass is 11.0. The Morgan fingerprint density at radius 3 is 1.77 bits per heavy atom. The normalized spacial score (nSPS) is 11.2. The number of rotatable bonds is 0. The Bertz CT molecular complexity index is 166. The molecule has 0 aliphatic heterocycles. The highest BCUT2D eigenvalue weighted by Gasteiger charge is 1.81. The van der Waals surface area contributed by atoms with E-state index in [2.05, 4.69) is 20.6 Å². The molecule has 0 atom stereocenters. The van der Waals surface area contributed by atoms with Crippen LogP contribution in [0.5, 0.6) is 0 Å². The molecule has 6 N–H and O–H groups in total. The molecule has 0 heterocycles. The Kier molecular flexibility index (Phi) is 11.3. The summed E-state index contributed by atoms with van der Waals surface area (Å²) in [5.41, 5.74) is 6.95. The Morgan fingerprint density at radius 2 is 1.77 bits per heavy atom. The highest BCUT2D eigenvalue weighted by Crippen LogP contribution is 1.54. The van der Waals surface area contributed by atoms with Crippen LogP contribution < -0.4 is 21.8 Å². The van der Waals surface area contributed by atoms with Crippen LogP contribution in [0.15, 0.2) is 9.98 Å². The predicted molar refractivity (Wildman–Crippen MR) is 56.1 cm³/mol. The third-order valence-corrected chi connectivity index (χ3v) is 1.06. The Balaban J connectivity index is -0.000000163. The molecular weight excluding hydrogens is 172 g/mol. The lowest BCUT2D eigenvalue weighted by Gasteiger charge is -1.97. The predicted octanol–water partition coefficient (Wildman–Crippen LogP) is -1.43. The van der Waals surface area contributed by atoms with E-state index < -0.39 is 0 Å². The number of hydrogen-bond acceptors (Lipinski definition) is 3. The van der Waals surface area contributed by atoms with Gasteiger partial charge in [-0.3, -0.25) is 15.2 Å². The molecule has 0 saturated carbocycles. The van der Waals surface area contributed by atoms with Crippen LogP contribution in [0.2, 0.25) is 0 Å². The van der Waals surface area contributed by atoms with E-state index in [1.165, 1.54) is 0 Å². The van der Waals surface area contributed by atoms with Crippen LogP contribution in [0.3, 0.4) is 0 Å². The molecule has 13 heavy (non-hydrogen) atoms. The van der Waals surface area contributed by atoms with E-state index in [0.29, 0.717) is 11.9 Å². The first kappa shape index (κ1) is 14.0. The van der Waals surface area contributed by atoms with Gasteiger partial charge in [0.05, 0.1) is 0 Å². The van der Waals surface area contributed by atoms with Gasteiger partial charge in [0.2, 0.25) is 5.96 Å². The van der Waals surface area contributed by atoms with Crippen LogP contribution >= 0.6 is 0 Å². The first-order chi connectivity index (χ1) is 6.15. The summed E-state index contributed by atoms with van der Waals surface area (Å²) >= 11 is 0. The number of aliphatic imine (C=N–C) groups is 2. The summed E-state index contributed by atoms with van der Waals surface area (Å²) in [6.45, 7) is 0. The highest BCUT2D eigenvalue weighted by atomic mass is 16.5. The van der Waals surface area contributed by atoms with Crippen LogP contribution in [-0.4, -0.2) is 45.3 Å². The van der Waals surface area contributed by atoms with Crippen molar-refractivity contribution in [2.75, 3.05) is 28.2 Å². The van der Waals surface area contributed by atoms with E-state index in [1.54, 1.807) is 28.2 Å². The number of guanidine groups is 2. The van der Waals surface area contributed by atoms with E-state index in [-0.39, 0.29) is 1.43 Å². The summed E-state index contributed by atoms with van der Waals surface area (Å²) < 4.78 is 0. The zero-order valence-electron chi connectivity index (χ0n) is 8.42. The monoisotopic (exact) mass is 193 g/mol. The van der Waals surface area contributed by atoms with Crippen molar-refractivity contribution in [1.82, 2.24) is 16.1 Å². The average molecular weight is 193 g/mol. The largest absolute Gasteiger partial charge is 0.370 e. The minimum Gasteiger partial charge on any atom is -0.370 e. The summed E-state index contributed by atoms with van der Waals surface area (Å²) in [7, 11) is 6.58. The summed E-state index contributed by atoms with van der Waals surface area (Å²) in [4.78, 5) is 7.16. The molecule has 0 bridgehead atoms. The molecule has 0 saturated heterocycles. The Morgan fingerprint density at radius 1 is 1.23 bits per heavy atom. The standard InChI is InChI=1S/C3H9N3O.C3H9N3.H2/c1-4-3(5-2)6-7;1-5-3(4)6-2;/h7H,1-2H3,(H2,4,5,6);1-2H3,(H3,4,5,6);1H/i;;1+1. The number of nitrogens with one attached hydrogen (secondary N) is 3. The van der Waals surface area contributed by atoms with Crippen molar-refractivity contribution in [3.05, 3.63) is 0 Å². The summed E-state index contributed by atoms with van der Waals surface area (Å²) in [6, 6.07) is 0. The fourth-order valence-electron chi connectivity index (χ4n) is 0.330. The van der Waals surface area contributed by atoms with Crippen LogP contribution in [0.25, 0.3) is 0 Å². The van der Waals surface area contributed by atoms with Gasteiger partial charge in [-0.25, -0.2) is 5.48 Å². The first-order valence-electron chi connectivity index (χ1n) is 3.60. The third kappa shape index (κ3) is 10.5. The molecule has 80 valence electrons. The van der Waals surface area contributed by atoms with E-state index >= 15 is 0 Å². The number of hydroxylamine groups is 1. The van der Waals surface area contributed by atoms with Gasteiger partial charge in [-0.05, 0) is 0 Å². The molecule has 0 unspecified atom stereocenters. The molecular formula is C6H20N6O. The average Bonchev–Trinajstić information content (AvgIpc) is 2.20. The topological polar surface area (TPSA) is 107 Å². The summed E-state index contributed by atoms with van der Waals surface area (Å²) in [5, 5.41) is 13.3. The number of hydrogen-bond donors (Lipinski definition) is 5. The van der Waals surface area contributed by atoms with E-state index in [9.17, 15) is 0 Å². The van der Waals surface area contributed by atoms with Crippen LogP contribution in [-0.2, 0) is 0 Å². The summed E-state index contributed by atoms with van der Waals surface area (Å²) in [6.07, 6.45) is 0. The lowest BCUT2D eigenvalue weighted by Crippen LogP contribution is -2.31. The van der Waals surface area contributed by atoms with Gasteiger partial charge in [0.25, 0.3) is 0 Å². The van der Waals surface area contributed by atoms with Crippen molar-refractivity contribution < 1.29 is 6.63 Å². The molecule has 0 aromatic carbocycles. The van der Waals surface area contributed by atoms with Crippen molar-refractivity contribution in [2.45, 2.75) is 0 Å². The summed E-state index contributed by atoms with van der Waals surface area (Å²) in [5.74, 6) is 0.829. The van der Waals surface area contributed by atoms with Gasteiger partial charge in [-0.1, -0.05) is 0 Å². The number of nitrogens with two attached hydrogens (primary N) is 1. The molecule has 0 aliphatic rings. The van der Waals surface area contributed by atoms with E-state index in [1.807, 2.05) is 5.48 Å². The second-order valence-electron chi connectivity index (χ2n) is 1.79. The van der Waals surface area contributed by atoms with Gasteiger partial charge in [0, 0.05) is 29.6 Å². The Labute approximate surface area is 79.6 Å². The van der Waals surface area contributed by atoms with Crippen molar-refractivity contribution >= 4 is 11.9 Å². The molecule has 7 nitrogen and oxygen atoms in total. The zero-order valence-corrected chi connectivity index (χ0v) is 8.42. The van der Waals surface area contributed by atoms with Crippen molar-refractivity contribution in [1.29, 1.82) is 0 Å². The van der Waals surface area contributed by atoms with Gasteiger partial charge in [0.15, 0.2) is 5.96 Å². The second-order valence-corrected chi connectivity index (χ2v) is 1.79. The number of nitrogens with zero attached hydrogens (tertiary/aromatic N) is 2. The minimum absolute atomic E-state index is 0.